The van der Waals surface area contributed by atoms with Crippen molar-refractivity contribution in [1.82, 2.24) is 65.0 Å². The van der Waals surface area contributed by atoms with Gasteiger partial charge in [-0.1, -0.05) is 76.3 Å². The van der Waals surface area contributed by atoms with Crippen molar-refractivity contribution in [1.29, 1.82) is 5.26 Å². The smallest absolute Gasteiger partial charge is 1.00 e. The molecule has 3 unspecified atom stereocenters. The Morgan fingerprint density at radius 3 is 1.61 bits per heavy atom. The third kappa shape index (κ3) is 24.0. The number of benzene rings is 6. The van der Waals surface area contributed by atoms with E-state index < -0.39 is 21.1 Å². The average Bonchev–Trinajstić information content (AvgIpc) is 2.22. The molecule has 0 aliphatic carbocycles. The zero-order valence-electron chi connectivity index (χ0n) is 46.3. The molecule has 0 saturated heterocycles. The van der Waals surface area contributed by atoms with Crippen LogP contribution in [0.3, 0.4) is 0 Å². The van der Waals surface area contributed by atoms with Crippen molar-refractivity contribution < 1.29 is 53.0 Å². The maximum atomic E-state index is 13.7. The zero-order valence-corrected chi connectivity index (χ0v) is 54.8. The van der Waals surface area contributed by atoms with Gasteiger partial charge in [0.05, 0.1) is 39.9 Å². The van der Waals surface area contributed by atoms with Crippen LogP contribution in [0.5, 0.6) is 0 Å². The van der Waals surface area contributed by atoms with Gasteiger partial charge in [-0.2, -0.15) is 23.5 Å². The number of halogens is 11. The quantitative estimate of drug-likeness (QED) is 0.0307. The summed E-state index contributed by atoms with van der Waals surface area (Å²) in [5.74, 6) is -1.86. The minimum atomic E-state index is -1.67. The first-order valence-electron chi connectivity index (χ1n) is 24.7. The van der Waals surface area contributed by atoms with E-state index in [9.17, 15) is 37.1 Å². The van der Waals surface area contributed by atoms with Crippen LogP contribution in [-0.2, 0) is 43.8 Å². The second-order valence-corrected chi connectivity index (χ2v) is 22.1. The molecule has 89 heavy (non-hydrogen) atoms. The molecule has 0 fully saturated rings. The first-order chi connectivity index (χ1) is 41.1. The van der Waals surface area contributed by atoms with E-state index in [1.807, 2.05) is 18.3 Å². The summed E-state index contributed by atoms with van der Waals surface area (Å²) < 4.78 is 80.6. The molecule has 11 rings (SSSR count). The standard InChI is InChI=1S/C27H18BrClF2N6.C10H9ClFN3.C10H10FN3O.C6H4F.C4H5N3O.CH4.BrH.Cl2OS.Mg/c1-37-14-25(35-36-37)20(16-2-4-18(30)5-3-16)8-15-9-21-26(34-19-6-7-24(31)23(29)11-19)17(12-32)13-33-27(21)22(28)10-15;1-15-6-9(13-14-15)10(11)7-2-4-8(12)5-3-7;1-14-6-9(12-13-14)10(15)7-2-4-8(11)5-3-7;7-6-4-2-1-3-5-6;1-7-2-4(3-8)5-6-7;;;1-4(2)3;/h2-7,9-11,13-14,20H,8H2,1H3,(H,33,34);2-6,10H,1H3;2-6,10,15H,1H3;2-5H;2-3H,1H3;1H4;1H;;/q;;;-1;;;;;+2/p-1. The van der Waals surface area contributed by atoms with Crippen LogP contribution < -0.4 is 22.3 Å². The molecule has 0 aliphatic heterocycles. The van der Waals surface area contributed by atoms with Crippen molar-refractivity contribution in [3.63, 3.8) is 0 Å². The maximum absolute atomic E-state index is 13.7. The monoisotopic (exact) mass is 1450 g/mol. The molecular formula is C58H50Br2Cl4F5MgN15O3S. The van der Waals surface area contributed by atoms with Crippen molar-refractivity contribution in [2.24, 2.45) is 28.2 Å². The van der Waals surface area contributed by atoms with Gasteiger partial charge in [0.2, 0.25) is 9.23 Å². The van der Waals surface area contributed by atoms with Crippen LogP contribution in [-0.4, -0.2) is 104 Å². The summed E-state index contributed by atoms with van der Waals surface area (Å²) >= 11 is 15.8. The Labute approximate surface area is 564 Å². The second-order valence-electron chi connectivity index (χ2n) is 17.9. The summed E-state index contributed by atoms with van der Waals surface area (Å²) in [7, 11) is 14.3. The first-order valence-corrected chi connectivity index (χ1v) is 29.1. The van der Waals surface area contributed by atoms with Gasteiger partial charge >= 0.3 is 23.1 Å². The van der Waals surface area contributed by atoms with Crippen LogP contribution in [0, 0.1) is 46.5 Å². The SMILES string of the molecule is C.Cn1cc(C(Cc2cc(Br)c3ncc(C#N)c(Nc4ccc(F)c(Cl)c4)c3c2)c2ccc(F)cc2)nn1.Cn1cc(C(Cl)c2ccc(F)cc2)nn1.Cn1cc(C(O)c2ccc(F)cc2)nn1.Cn1cc(C=O)nn1.Fc1cc[c-]cc1.O=S(Cl)Cl.[Br-].[Mg+2]. The van der Waals surface area contributed by atoms with E-state index in [1.54, 1.807) is 86.5 Å². The van der Waals surface area contributed by atoms with Gasteiger partial charge in [0.1, 0.15) is 57.9 Å². The fourth-order valence-corrected chi connectivity index (χ4v) is 8.63. The van der Waals surface area contributed by atoms with E-state index in [1.165, 1.54) is 100 Å². The Kier molecular flexibility index (Phi) is 32.3. The van der Waals surface area contributed by atoms with Gasteiger partial charge in [-0.05, 0) is 111 Å². The summed E-state index contributed by atoms with van der Waals surface area (Å²) in [6, 6.07) is 36.9. The number of nitrogens with zero attached hydrogens (tertiary/aromatic N) is 14. The Morgan fingerprint density at radius 2 is 1.17 bits per heavy atom. The van der Waals surface area contributed by atoms with Gasteiger partial charge < -0.3 is 27.4 Å². The number of carbonyl (C=O) groups excluding carboxylic acids is 1. The number of alkyl halides is 1. The number of nitrogens with one attached hydrogen (secondary N) is 1. The molecule has 31 heteroatoms. The molecule has 0 bridgehead atoms. The Balaban J connectivity index is 0.000000328. The van der Waals surface area contributed by atoms with Gasteiger partial charge in [-0.25, -0.2) is 26.2 Å². The van der Waals surface area contributed by atoms with Crippen LogP contribution >= 0.6 is 60.5 Å². The fraction of sp³-hybridized carbons (Fsp3) is 0.155. The molecule has 18 nitrogen and oxygen atoms in total. The molecule has 0 saturated carbocycles. The maximum Gasteiger partial charge on any atom is 2.00 e. The van der Waals surface area contributed by atoms with E-state index in [0.29, 0.717) is 63.2 Å². The minimum absolute atomic E-state index is 0. The number of anilines is 2. The Morgan fingerprint density at radius 1 is 0.697 bits per heavy atom. The Bertz CT molecular complexity index is 3950. The molecule has 5 heterocycles. The van der Waals surface area contributed by atoms with E-state index in [2.05, 4.69) is 101 Å². The number of rotatable bonds is 11. The molecule has 0 spiro atoms. The molecule has 5 aromatic heterocycles. The molecular weight excluding hydrogens is 1410 g/mol. The number of pyridine rings is 1. The van der Waals surface area contributed by atoms with E-state index >= 15 is 0 Å². The second kappa shape index (κ2) is 37.8. The number of nitriles is 1. The van der Waals surface area contributed by atoms with Crippen LogP contribution in [0.2, 0.25) is 5.02 Å². The molecule has 3 atom stereocenters. The predicted octanol–water partition coefficient (Wildman–Crippen LogP) is 9.92. The zero-order chi connectivity index (χ0) is 62.5. The normalized spacial score (nSPS) is 11.1. The molecule has 0 aliphatic rings. The van der Waals surface area contributed by atoms with E-state index in [0.717, 1.165) is 26.9 Å². The summed E-state index contributed by atoms with van der Waals surface area (Å²) in [4.78, 5) is 14.4. The van der Waals surface area contributed by atoms with Crippen molar-refractivity contribution in [3.8, 4) is 6.07 Å². The number of aliphatic hydroxyl groups is 1. The first kappa shape index (κ1) is 76.1. The van der Waals surface area contributed by atoms with Crippen molar-refractivity contribution >= 4 is 121 Å². The fourth-order valence-electron chi connectivity index (χ4n) is 7.60. The number of aldehydes is 1. The number of fused-ring (bicyclic) bond motifs is 1. The average molecular weight is 1460 g/mol. The summed E-state index contributed by atoms with van der Waals surface area (Å²) in [6.07, 6.45) is 8.55. The van der Waals surface area contributed by atoms with Crippen LogP contribution in [0.25, 0.3) is 10.9 Å². The van der Waals surface area contributed by atoms with Gasteiger partial charge in [-0.3, -0.25) is 28.5 Å². The summed E-state index contributed by atoms with van der Waals surface area (Å²) in [5, 5.41) is 53.7. The number of aromatic nitrogens is 13. The van der Waals surface area contributed by atoms with Crippen LogP contribution in [0.15, 0.2) is 163 Å². The topological polar surface area (TPSA) is 226 Å². The van der Waals surface area contributed by atoms with Gasteiger partial charge in [0, 0.05) is 95.4 Å². The Hall–Kier alpha value is -7.10. The van der Waals surface area contributed by atoms with Crippen LogP contribution in [0.1, 0.15) is 80.2 Å². The van der Waals surface area contributed by atoms with Crippen molar-refractivity contribution in [3.05, 3.63) is 254 Å². The summed E-state index contributed by atoms with van der Waals surface area (Å²) in [5.41, 5.74) is 7.46. The molecule has 11 aromatic rings. The number of carbonyl (C=O) groups is 1. The van der Waals surface area contributed by atoms with Crippen molar-refractivity contribution in [2.45, 2.75) is 31.2 Å². The molecule has 2 N–H and O–H groups in total. The van der Waals surface area contributed by atoms with Gasteiger partial charge in [0.25, 0.3) is 0 Å². The minimum Gasteiger partial charge on any atom is -1.00 e. The third-order valence-electron chi connectivity index (χ3n) is 11.5. The molecule has 460 valence electrons. The summed E-state index contributed by atoms with van der Waals surface area (Å²) in [6.45, 7) is 0. The molecule has 6 aromatic carbocycles. The van der Waals surface area contributed by atoms with Crippen LogP contribution in [0.4, 0.5) is 33.3 Å². The van der Waals surface area contributed by atoms with Gasteiger partial charge in [0.15, 0.2) is 6.29 Å². The van der Waals surface area contributed by atoms with E-state index in [4.69, 9.17) is 27.4 Å². The number of aryl methyl sites for hydroxylation is 4. The molecule has 0 amide bonds. The largest absolute Gasteiger partial charge is 2.00 e. The number of hydrogen-bond donors (Lipinski definition) is 2. The van der Waals surface area contributed by atoms with Crippen molar-refractivity contribution in [2.75, 3.05) is 5.32 Å². The van der Waals surface area contributed by atoms with E-state index in [-0.39, 0.29) is 87.0 Å². The number of hydrogen-bond acceptors (Lipinski definition) is 14. The predicted molar refractivity (Wildman–Crippen MR) is 332 cm³/mol. The number of aliphatic hydroxyl groups excluding tert-OH is 1. The third-order valence-corrected chi connectivity index (χ3v) is 12.9. The van der Waals surface area contributed by atoms with Gasteiger partial charge in [-0.15, -0.1) is 44.1 Å². The molecule has 0 radical (unpaired) electrons.